The Morgan fingerprint density at radius 3 is 2.70 bits per heavy atom. The Kier molecular flexibility index (Phi) is 8.47. The summed E-state index contributed by atoms with van der Waals surface area (Å²) in [6, 6.07) is 7.35. The first kappa shape index (κ1) is 17.1. The van der Waals surface area contributed by atoms with E-state index in [4.69, 9.17) is 4.74 Å². The average molecular weight is 281 g/mol. The molecule has 1 aromatic carbocycles. The molecule has 1 N–H and O–H groups in total. The third-order valence-electron chi connectivity index (χ3n) is 3.35. The highest BCUT2D eigenvalue weighted by Gasteiger charge is 2.12. The van der Waals surface area contributed by atoms with Crippen molar-refractivity contribution in [3.8, 4) is 0 Å². The van der Waals surface area contributed by atoms with E-state index in [-0.39, 0.29) is 5.82 Å². The molecule has 1 unspecified atom stereocenters. The fourth-order valence-electron chi connectivity index (χ4n) is 2.10. The highest BCUT2D eigenvalue weighted by atomic mass is 19.1. The molecule has 0 saturated carbocycles. The summed E-state index contributed by atoms with van der Waals surface area (Å²) >= 11 is 0. The van der Waals surface area contributed by atoms with Crippen LogP contribution in [0.3, 0.4) is 0 Å². The first-order chi connectivity index (χ1) is 9.63. The van der Waals surface area contributed by atoms with Gasteiger partial charge in [0, 0.05) is 25.8 Å². The zero-order valence-corrected chi connectivity index (χ0v) is 13.0. The lowest BCUT2D eigenvalue weighted by molar-refractivity contribution is 0.123. The Balaban J connectivity index is 2.51. The van der Waals surface area contributed by atoms with Crippen molar-refractivity contribution < 1.29 is 9.13 Å². The van der Waals surface area contributed by atoms with E-state index in [1.54, 1.807) is 12.1 Å². The van der Waals surface area contributed by atoms with Crippen molar-refractivity contribution in [3.63, 3.8) is 0 Å². The molecule has 0 saturated heterocycles. The molecule has 0 aliphatic rings. The number of rotatable bonds is 10. The van der Waals surface area contributed by atoms with Crippen LogP contribution >= 0.6 is 0 Å². The molecule has 2 nitrogen and oxygen atoms in total. The van der Waals surface area contributed by atoms with Gasteiger partial charge in [0.05, 0.1) is 0 Å². The van der Waals surface area contributed by atoms with Gasteiger partial charge in [0.2, 0.25) is 0 Å². The molecule has 3 heteroatoms. The summed E-state index contributed by atoms with van der Waals surface area (Å²) in [6.07, 6.45) is 3.18. The number of unbranched alkanes of at least 4 members (excludes halogenated alkanes) is 1. The van der Waals surface area contributed by atoms with Crippen LogP contribution in [-0.4, -0.2) is 25.8 Å². The van der Waals surface area contributed by atoms with Gasteiger partial charge in [-0.25, -0.2) is 4.39 Å². The molecule has 0 spiro atoms. The van der Waals surface area contributed by atoms with E-state index in [0.717, 1.165) is 44.6 Å². The summed E-state index contributed by atoms with van der Waals surface area (Å²) in [4.78, 5) is 0. The summed E-state index contributed by atoms with van der Waals surface area (Å²) in [5.74, 6) is 0.138. The van der Waals surface area contributed by atoms with Gasteiger partial charge in [-0.3, -0.25) is 0 Å². The van der Waals surface area contributed by atoms with Gasteiger partial charge in [0.25, 0.3) is 0 Å². The van der Waals surface area contributed by atoms with Crippen LogP contribution in [0.2, 0.25) is 0 Å². The molecule has 0 aliphatic heterocycles. The highest BCUT2D eigenvalue weighted by Crippen LogP contribution is 2.20. The maximum Gasteiger partial charge on any atom is 0.123 e. The van der Waals surface area contributed by atoms with Crippen molar-refractivity contribution >= 4 is 0 Å². The third kappa shape index (κ3) is 7.01. The second-order valence-electron chi connectivity index (χ2n) is 5.57. The van der Waals surface area contributed by atoms with Gasteiger partial charge in [0.1, 0.15) is 5.82 Å². The molecular weight excluding hydrogens is 253 g/mol. The Labute approximate surface area is 122 Å². The lowest BCUT2D eigenvalue weighted by Gasteiger charge is -2.20. The van der Waals surface area contributed by atoms with Crippen molar-refractivity contribution in [2.45, 2.75) is 52.0 Å². The Morgan fingerprint density at radius 2 is 2.05 bits per heavy atom. The fraction of sp³-hybridized carbons (Fsp3) is 0.647. The molecule has 1 rings (SSSR count). The minimum absolute atomic E-state index is 0.163. The second kappa shape index (κ2) is 9.89. The molecule has 0 radical (unpaired) electrons. The van der Waals surface area contributed by atoms with Crippen LogP contribution < -0.4 is 5.32 Å². The molecule has 114 valence electrons. The van der Waals surface area contributed by atoms with Crippen LogP contribution in [0.25, 0.3) is 0 Å². The Morgan fingerprint density at radius 1 is 1.25 bits per heavy atom. The molecule has 0 aliphatic carbocycles. The monoisotopic (exact) mass is 281 g/mol. The molecule has 0 aromatic heterocycles. The lowest BCUT2D eigenvalue weighted by atomic mass is 9.95. The predicted octanol–water partition coefficient (Wildman–Crippen LogP) is 4.11. The van der Waals surface area contributed by atoms with E-state index in [9.17, 15) is 4.39 Å². The van der Waals surface area contributed by atoms with Crippen LogP contribution in [0.1, 0.15) is 51.5 Å². The molecule has 0 amide bonds. The maximum atomic E-state index is 13.4. The SMILES string of the molecule is CCCCOCCC(CNC(C)C)c1cccc(F)c1. The summed E-state index contributed by atoms with van der Waals surface area (Å²) in [7, 11) is 0. The van der Waals surface area contributed by atoms with Crippen LogP contribution in [0, 0.1) is 5.82 Å². The normalized spacial score (nSPS) is 12.8. The van der Waals surface area contributed by atoms with Crippen molar-refractivity contribution in [2.24, 2.45) is 0 Å². The van der Waals surface area contributed by atoms with E-state index in [1.807, 2.05) is 6.07 Å². The van der Waals surface area contributed by atoms with Crippen molar-refractivity contribution in [2.75, 3.05) is 19.8 Å². The van der Waals surface area contributed by atoms with Crippen molar-refractivity contribution in [1.82, 2.24) is 5.32 Å². The molecule has 1 aromatic rings. The number of hydrogen-bond donors (Lipinski definition) is 1. The predicted molar refractivity (Wildman–Crippen MR) is 82.6 cm³/mol. The van der Waals surface area contributed by atoms with Crippen LogP contribution in [0.15, 0.2) is 24.3 Å². The minimum Gasteiger partial charge on any atom is -0.381 e. The Hall–Kier alpha value is -0.930. The molecule has 0 fully saturated rings. The van der Waals surface area contributed by atoms with Gasteiger partial charge >= 0.3 is 0 Å². The minimum atomic E-state index is -0.163. The quantitative estimate of drug-likeness (QED) is 0.652. The van der Waals surface area contributed by atoms with Gasteiger partial charge in [-0.05, 0) is 36.5 Å². The van der Waals surface area contributed by atoms with Crippen molar-refractivity contribution in [3.05, 3.63) is 35.6 Å². The van der Waals surface area contributed by atoms with E-state index in [2.05, 4.69) is 26.1 Å². The third-order valence-corrected chi connectivity index (χ3v) is 3.35. The van der Waals surface area contributed by atoms with Gasteiger partial charge in [-0.1, -0.05) is 39.3 Å². The maximum absolute atomic E-state index is 13.4. The standard InChI is InChI=1S/C17H28FNO/c1-4-5-10-20-11-9-16(13-19-14(2)3)15-7-6-8-17(18)12-15/h6-8,12,14,16,19H,4-5,9-11,13H2,1-3H3. The molecule has 1 atom stereocenters. The van der Waals surface area contributed by atoms with Gasteiger partial charge < -0.3 is 10.1 Å². The average Bonchev–Trinajstić information content (AvgIpc) is 2.41. The fourth-order valence-corrected chi connectivity index (χ4v) is 2.10. The van der Waals surface area contributed by atoms with Gasteiger partial charge in [0.15, 0.2) is 0 Å². The summed E-state index contributed by atoms with van der Waals surface area (Å²) in [5.41, 5.74) is 1.05. The number of halogens is 1. The van der Waals surface area contributed by atoms with Crippen LogP contribution in [-0.2, 0) is 4.74 Å². The van der Waals surface area contributed by atoms with Crippen molar-refractivity contribution in [1.29, 1.82) is 0 Å². The van der Waals surface area contributed by atoms with Crippen LogP contribution in [0.5, 0.6) is 0 Å². The topological polar surface area (TPSA) is 21.3 Å². The van der Waals surface area contributed by atoms with E-state index >= 15 is 0 Å². The Bertz CT molecular complexity index is 368. The molecular formula is C17H28FNO. The molecule has 0 heterocycles. The molecule has 0 bridgehead atoms. The zero-order valence-electron chi connectivity index (χ0n) is 13.0. The first-order valence-corrected chi connectivity index (χ1v) is 7.70. The van der Waals surface area contributed by atoms with E-state index < -0.39 is 0 Å². The first-order valence-electron chi connectivity index (χ1n) is 7.70. The van der Waals surface area contributed by atoms with Gasteiger partial charge in [-0.2, -0.15) is 0 Å². The van der Waals surface area contributed by atoms with Crippen LogP contribution in [0.4, 0.5) is 4.39 Å². The smallest absolute Gasteiger partial charge is 0.123 e. The summed E-state index contributed by atoms with van der Waals surface area (Å²) in [6.45, 7) is 8.83. The highest BCUT2D eigenvalue weighted by molar-refractivity contribution is 5.21. The van der Waals surface area contributed by atoms with E-state index in [1.165, 1.54) is 6.07 Å². The largest absolute Gasteiger partial charge is 0.381 e. The lowest BCUT2D eigenvalue weighted by Crippen LogP contribution is -2.28. The number of hydrogen-bond acceptors (Lipinski definition) is 2. The second-order valence-corrected chi connectivity index (χ2v) is 5.57. The number of nitrogens with one attached hydrogen (secondary N) is 1. The van der Waals surface area contributed by atoms with Gasteiger partial charge in [-0.15, -0.1) is 0 Å². The van der Waals surface area contributed by atoms with E-state index in [0.29, 0.717) is 12.0 Å². The zero-order chi connectivity index (χ0) is 14.8. The summed E-state index contributed by atoms with van der Waals surface area (Å²) in [5, 5.41) is 3.44. The number of ether oxygens (including phenoxy) is 1. The summed E-state index contributed by atoms with van der Waals surface area (Å²) < 4.78 is 19.0. The molecule has 20 heavy (non-hydrogen) atoms. The number of benzene rings is 1.